The zero-order valence-corrected chi connectivity index (χ0v) is 15.9. The molecular weight excluding hydrogens is 362 g/mol. The van der Waals surface area contributed by atoms with Crippen molar-refractivity contribution in [3.05, 3.63) is 77.0 Å². The van der Waals surface area contributed by atoms with Crippen LogP contribution in [0.1, 0.15) is 21.6 Å². The van der Waals surface area contributed by atoms with Gasteiger partial charge in [-0.2, -0.15) is 0 Å². The number of likely N-dealkylation sites (N-methyl/N-ethyl adjacent to an activating group) is 1. The van der Waals surface area contributed by atoms with Gasteiger partial charge in [-0.05, 0) is 48.7 Å². The van der Waals surface area contributed by atoms with Gasteiger partial charge >= 0.3 is 0 Å². The highest BCUT2D eigenvalue weighted by molar-refractivity contribution is 6.31. The molecule has 3 aromatic rings. The fraction of sp³-hybridized carbons (Fsp3) is 0.200. The van der Waals surface area contributed by atoms with Gasteiger partial charge in [0.2, 0.25) is 0 Å². The maximum atomic E-state index is 12.6. The van der Waals surface area contributed by atoms with Crippen molar-refractivity contribution in [2.24, 2.45) is 0 Å². The van der Waals surface area contributed by atoms with E-state index in [1.807, 2.05) is 37.1 Å². The molecule has 6 nitrogen and oxygen atoms in total. The van der Waals surface area contributed by atoms with Crippen LogP contribution in [0, 0.1) is 6.92 Å². The topological polar surface area (TPSA) is 71.0 Å². The van der Waals surface area contributed by atoms with Crippen LogP contribution in [0.2, 0.25) is 5.02 Å². The number of hydrogen-bond acceptors (Lipinski definition) is 5. The number of aryl methyl sites for hydroxylation is 1. The number of anilines is 2. The molecule has 0 atom stereocenters. The van der Waals surface area contributed by atoms with Crippen LogP contribution in [0.5, 0.6) is 0 Å². The molecule has 27 heavy (non-hydrogen) atoms. The predicted molar refractivity (Wildman–Crippen MR) is 107 cm³/mol. The highest BCUT2D eigenvalue weighted by Gasteiger charge is 2.12. The predicted octanol–water partition coefficient (Wildman–Crippen LogP) is 3.76. The van der Waals surface area contributed by atoms with E-state index in [4.69, 9.17) is 11.6 Å². The molecule has 0 unspecified atom stereocenters. The lowest BCUT2D eigenvalue weighted by Gasteiger charge is -2.18. The molecule has 0 aliphatic carbocycles. The Bertz CT molecular complexity index is 933. The molecule has 0 saturated heterocycles. The molecule has 1 N–H and O–H groups in total. The SMILES string of the molecule is Cc1ccc(Cl)cc1NC(=O)c1cc(N(C)CCc2ccncc2)ncn1. The van der Waals surface area contributed by atoms with Crippen LogP contribution in [0.25, 0.3) is 0 Å². The summed E-state index contributed by atoms with van der Waals surface area (Å²) in [6.45, 7) is 2.67. The first-order chi connectivity index (χ1) is 13.0. The fourth-order valence-electron chi connectivity index (χ4n) is 2.56. The molecule has 0 bridgehead atoms. The molecule has 0 aliphatic heterocycles. The van der Waals surface area contributed by atoms with Crippen molar-refractivity contribution in [3.63, 3.8) is 0 Å². The van der Waals surface area contributed by atoms with Crippen molar-refractivity contribution in [2.45, 2.75) is 13.3 Å². The molecule has 3 rings (SSSR count). The average molecular weight is 382 g/mol. The zero-order valence-electron chi connectivity index (χ0n) is 15.2. The van der Waals surface area contributed by atoms with Gasteiger partial charge < -0.3 is 10.2 Å². The molecule has 1 amide bonds. The smallest absolute Gasteiger partial charge is 0.274 e. The summed E-state index contributed by atoms with van der Waals surface area (Å²) in [5, 5.41) is 3.42. The molecule has 2 aromatic heterocycles. The Morgan fingerprint density at radius 2 is 1.93 bits per heavy atom. The monoisotopic (exact) mass is 381 g/mol. The number of benzene rings is 1. The van der Waals surface area contributed by atoms with Crippen LogP contribution < -0.4 is 10.2 Å². The minimum absolute atomic E-state index is 0.299. The first-order valence-electron chi connectivity index (χ1n) is 8.52. The Balaban J connectivity index is 1.68. The maximum Gasteiger partial charge on any atom is 0.274 e. The van der Waals surface area contributed by atoms with Crippen LogP contribution >= 0.6 is 11.6 Å². The van der Waals surface area contributed by atoms with Crippen LogP contribution in [0.3, 0.4) is 0 Å². The highest BCUT2D eigenvalue weighted by Crippen LogP contribution is 2.21. The Kier molecular flexibility index (Phi) is 5.98. The largest absolute Gasteiger partial charge is 0.359 e. The molecule has 1 aromatic carbocycles. The number of carbonyl (C=O) groups excluding carboxylic acids is 1. The summed E-state index contributed by atoms with van der Waals surface area (Å²) in [6.07, 6.45) is 5.81. The summed E-state index contributed by atoms with van der Waals surface area (Å²) < 4.78 is 0. The summed E-state index contributed by atoms with van der Waals surface area (Å²) >= 11 is 6.01. The van der Waals surface area contributed by atoms with Crippen molar-refractivity contribution in [3.8, 4) is 0 Å². The second-order valence-electron chi connectivity index (χ2n) is 6.20. The van der Waals surface area contributed by atoms with Crippen LogP contribution in [-0.2, 0) is 6.42 Å². The van der Waals surface area contributed by atoms with Crippen LogP contribution in [0.4, 0.5) is 11.5 Å². The van der Waals surface area contributed by atoms with E-state index in [-0.39, 0.29) is 5.91 Å². The van der Waals surface area contributed by atoms with E-state index in [0.29, 0.717) is 22.2 Å². The number of nitrogens with one attached hydrogen (secondary N) is 1. The van der Waals surface area contributed by atoms with Gasteiger partial charge in [0.05, 0.1) is 0 Å². The van der Waals surface area contributed by atoms with E-state index >= 15 is 0 Å². The van der Waals surface area contributed by atoms with Crippen molar-refractivity contribution >= 4 is 29.0 Å². The van der Waals surface area contributed by atoms with Gasteiger partial charge in [-0.25, -0.2) is 9.97 Å². The normalized spacial score (nSPS) is 10.5. The maximum absolute atomic E-state index is 12.6. The number of pyridine rings is 1. The third-order valence-corrected chi connectivity index (χ3v) is 4.44. The molecule has 0 spiro atoms. The quantitative estimate of drug-likeness (QED) is 0.703. The first kappa shape index (κ1) is 18.8. The standard InChI is InChI=1S/C20H20ClN5O/c1-14-3-4-16(21)11-17(14)25-20(27)18-12-19(24-13-23-18)26(2)10-7-15-5-8-22-9-6-15/h3-6,8-9,11-13H,7,10H2,1-2H3,(H,25,27). The van der Waals surface area contributed by atoms with E-state index in [9.17, 15) is 4.79 Å². The Hall–Kier alpha value is -2.99. The molecule has 138 valence electrons. The van der Waals surface area contributed by atoms with E-state index < -0.39 is 0 Å². The van der Waals surface area contributed by atoms with Crippen molar-refractivity contribution in [1.29, 1.82) is 0 Å². The summed E-state index contributed by atoms with van der Waals surface area (Å²) in [7, 11) is 1.94. The lowest BCUT2D eigenvalue weighted by atomic mass is 10.2. The van der Waals surface area contributed by atoms with Gasteiger partial charge in [-0.3, -0.25) is 9.78 Å². The minimum Gasteiger partial charge on any atom is -0.359 e. The molecule has 0 saturated carbocycles. The van der Waals surface area contributed by atoms with Crippen molar-refractivity contribution in [1.82, 2.24) is 15.0 Å². The Morgan fingerprint density at radius 3 is 2.70 bits per heavy atom. The molecular formula is C20H20ClN5O. The molecule has 0 fully saturated rings. The minimum atomic E-state index is -0.299. The van der Waals surface area contributed by atoms with Gasteiger partial charge in [-0.15, -0.1) is 0 Å². The summed E-state index contributed by atoms with van der Waals surface area (Å²) in [5.41, 5.74) is 3.09. The van der Waals surface area contributed by atoms with Crippen molar-refractivity contribution in [2.75, 3.05) is 23.8 Å². The number of carbonyl (C=O) groups is 1. The number of hydrogen-bond donors (Lipinski definition) is 1. The number of rotatable bonds is 6. The third kappa shape index (κ3) is 5.01. The van der Waals surface area contributed by atoms with E-state index in [2.05, 4.69) is 20.3 Å². The van der Waals surface area contributed by atoms with Gasteiger partial charge in [0.25, 0.3) is 5.91 Å². The van der Waals surface area contributed by atoms with Gasteiger partial charge in [0, 0.05) is 42.8 Å². The van der Waals surface area contributed by atoms with Gasteiger partial charge in [0.1, 0.15) is 17.8 Å². The Morgan fingerprint density at radius 1 is 1.15 bits per heavy atom. The second kappa shape index (κ2) is 8.60. The van der Waals surface area contributed by atoms with Crippen LogP contribution in [0.15, 0.2) is 55.1 Å². The molecule has 2 heterocycles. The van der Waals surface area contributed by atoms with Crippen molar-refractivity contribution < 1.29 is 4.79 Å². The second-order valence-corrected chi connectivity index (χ2v) is 6.64. The Labute approximate surface area is 163 Å². The van der Waals surface area contributed by atoms with E-state index in [1.165, 1.54) is 11.9 Å². The lowest BCUT2D eigenvalue weighted by Crippen LogP contribution is -2.23. The number of nitrogens with zero attached hydrogens (tertiary/aromatic N) is 4. The van der Waals surface area contributed by atoms with E-state index in [1.54, 1.807) is 30.6 Å². The molecule has 0 aliphatic rings. The molecule has 7 heteroatoms. The number of halogens is 1. The summed E-state index contributed by atoms with van der Waals surface area (Å²) in [5.74, 6) is 0.388. The van der Waals surface area contributed by atoms with Gasteiger partial charge in [-0.1, -0.05) is 17.7 Å². The van der Waals surface area contributed by atoms with Crippen LogP contribution in [-0.4, -0.2) is 34.5 Å². The average Bonchev–Trinajstić information content (AvgIpc) is 2.69. The third-order valence-electron chi connectivity index (χ3n) is 4.21. The number of aromatic nitrogens is 3. The zero-order chi connectivity index (χ0) is 19.2. The van der Waals surface area contributed by atoms with Gasteiger partial charge in [0.15, 0.2) is 0 Å². The number of amides is 1. The molecule has 0 radical (unpaired) electrons. The summed E-state index contributed by atoms with van der Waals surface area (Å²) in [6, 6.07) is 11.0. The fourth-order valence-corrected chi connectivity index (χ4v) is 2.73. The summed E-state index contributed by atoms with van der Waals surface area (Å²) in [4.78, 5) is 26.9. The first-order valence-corrected chi connectivity index (χ1v) is 8.90. The lowest BCUT2D eigenvalue weighted by molar-refractivity contribution is 0.102. The van der Waals surface area contributed by atoms with E-state index in [0.717, 1.165) is 18.5 Å². The highest BCUT2D eigenvalue weighted by atomic mass is 35.5.